The summed E-state index contributed by atoms with van der Waals surface area (Å²) in [6, 6.07) is 11.5. The maximum atomic E-state index is 13.4. The predicted molar refractivity (Wildman–Crippen MR) is 215 cm³/mol. The van der Waals surface area contributed by atoms with Crippen molar-refractivity contribution in [2.24, 2.45) is 17.8 Å². The molecule has 4 aliphatic heterocycles. The van der Waals surface area contributed by atoms with Gasteiger partial charge in [0.1, 0.15) is 17.5 Å². The van der Waals surface area contributed by atoms with Crippen molar-refractivity contribution in [3.05, 3.63) is 70.3 Å². The Kier molecular flexibility index (Phi) is 11.9. The summed E-state index contributed by atoms with van der Waals surface area (Å²) in [6.07, 6.45) is 9.42. The van der Waals surface area contributed by atoms with Gasteiger partial charge in [-0.3, -0.25) is 14.4 Å². The van der Waals surface area contributed by atoms with Crippen LogP contribution in [0.1, 0.15) is 74.4 Å². The van der Waals surface area contributed by atoms with Crippen molar-refractivity contribution in [3.8, 4) is 5.75 Å². The molecule has 4 heterocycles. The van der Waals surface area contributed by atoms with Gasteiger partial charge in [-0.05, 0) is 112 Å². The number of anilines is 1. The quantitative estimate of drug-likeness (QED) is 0.325. The average Bonchev–Trinajstić information content (AvgIpc) is 3.33. The SMILES string of the molecule is CO[C@@]1(C=O)/C=C/C[C@H](C)[C@@H](C)S(=O)(=O)NC(=O)c2ccc3c(c2)N(C[C@@H]2CC[C@H]21)C[C@@]1(CCCc2cc(Cl)ccc21)CO3.C[C@@H]1OC[C@@H]2CNCCN2C1=O. The lowest BCUT2D eigenvalue weighted by molar-refractivity contribution is -0.159. The number of rotatable bonds is 2. The smallest absolute Gasteiger partial charge is 0.264 e. The fraction of sp³-hybridized carbons (Fsp3) is 0.595. The van der Waals surface area contributed by atoms with Gasteiger partial charge in [0.15, 0.2) is 6.29 Å². The van der Waals surface area contributed by atoms with Crippen molar-refractivity contribution in [1.82, 2.24) is 14.9 Å². The van der Waals surface area contributed by atoms with Crippen LogP contribution in [0.3, 0.4) is 0 Å². The molecule has 56 heavy (non-hydrogen) atoms. The van der Waals surface area contributed by atoms with Gasteiger partial charge in [-0.2, -0.15) is 0 Å². The molecule has 1 spiro atoms. The molecule has 2 aromatic carbocycles. The summed E-state index contributed by atoms with van der Waals surface area (Å²) < 4.78 is 46.7. The number of hydrogen-bond donors (Lipinski definition) is 2. The molecule has 8 atom stereocenters. The number of benzene rings is 2. The number of methoxy groups -OCH3 is 1. The van der Waals surface area contributed by atoms with Crippen LogP contribution in [0.4, 0.5) is 5.69 Å². The van der Waals surface area contributed by atoms with E-state index in [1.807, 2.05) is 37.0 Å². The highest BCUT2D eigenvalue weighted by Gasteiger charge is 2.49. The van der Waals surface area contributed by atoms with Gasteiger partial charge in [-0.15, -0.1) is 0 Å². The maximum absolute atomic E-state index is 13.4. The van der Waals surface area contributed by atoms with Gasteiger partial charge in [0.25, 0.3) is 11.8 Å². The molecule has 8 rings (SSSR count). The van der Waals surface area contributed by atoms with Crippen LogP contribution in [-0.2, 0) is 40.9 Å². The number of hydrogen-bond acceptors (Lipinski definition) is 10. The van der Waals surface area contributed by atoms with E-state index in [1.54, 1.807) is 32.2 Å². The van der Waals surface area contributed by atoms with E-state index in [0.717, 1.165) is 63.7 Å². The first kappa shape index (κ1) is 40.7. The molecule has 2 saturated heterocycles. The van der Waals surface area contributed by atoms with Crippen molar-refractivity contribution in [3.63, 3.8) is 0 Å². The standard InChI is InChI=1S/C34H41ClN2O6S.C8H14N2O2/c1-22-6-4-15-34(20-38,42-3)29-11-8-26(29)18-37-19-33(14-5-7-24-16-27(35)10-12-28(24)33)21-43-31-13-9-25(17-30(31)37)32(39)36-44(40,41)23(22)2;1-6-8(11)10-3-2-9-4-7(10)5-12-6/h4,9-10,12-13,15-17,20,22-23,26,29H,5-8,11,14,18-19,21H2,1-3H3,(H,36,39);6-7,9H,2-5H2,1H3/b15-4+;/t22-,23+,26-,29+,33-,34+;6-,7-/m00/s1. The molecule has 14 heteroatoms. The minimum atomic E-state index is -3.97. The van der Waals surface area contributed by atoms with Gasteiger partial charge in [0.2, 0.25) is 10.0 Å². The Morgan fingerprint density at radius 2 is 1.91 bits per heavy atom. The molecular weight excluding hydrogens is 756 g/mol. The Morgan fingerprint density at radius 3 is 2.66 bits per heavy atom. The Hall–Kier alpha value is -3.49. The number of aryl methyl sites for hydroxylation is 1. The number of nitrogens with one attached hydrogen (secondary N) is 2. The van der Waals surface area contributed by atoms with Crippen LogP contribution in [0.5, 0.6) is 5.75 Å². The molecule has 2 amide bonds. The summed E-state index contributed by atoms with van der Waals surface area (Å²) >= 11 is 6.40. The molecule has 2 N–H and O–H groups in total. The van der Waals surface area contributed by atoms with Crippen molar-refractivity contribution in [1.29, 1.82) is 0 Å². The number of fused-ring (bicyclic) bond motifs is 5. The van der Waals surface area contributed by atoms with E-state index >= 15 is 0 Å². The molecular formula is C42H55ClN4O8S. The third kappa shape index (κ3) is 7.86. The van der Waals surface area contributed by atoms with E-state index in [9.17, 15) is 22.8 Å². The molecule has 12 nitrogen and oxygen atoms in total. The highest BCUT2D eigenvalue weighted by molar-refractivity contribution is 7.90. The molecule has 0 unspecified atom stereocenters. The van der Waals surface area contributed by atoms with Crippen molar-refractivity contribution < 1.29 is 37.0 Å². The number of allylic oxidation sites excluding steroid dienone is 1. The molecule has 6 aliphatic rings. The highest BCUT2D eigenvalue weighted by atomic mass is 35.5. The zero-order valence-corrected chi connectivity index (χ0v) is 34.4. The fourth-order valence-electron chi connectivity index (χ4n) is 9.44. The third-order valence-electron chi connectivity index (χ3n) is 13.2. The number of halogens is 1. The number of sulfonamides is 1. The molecule has 304 valence electrons. The lowest BCUT2D eigenvalue weighted by Crippen LogP contribution is -2.61. The molecule has 3 fully saturated rings. The van der Waals surface area contributed by atoms with E-state index < -0.39 is 26.8 Å². The minimum Gasteiger partial charge on any atom is -0.490 e. The summed E-state index contributed by atoms with van der Waals surface area (Å²) in [7, 11) is -2.41. The summed E-state index contributed by atoms with van der Waals surface area (Å²) in [4.78, 5) is 41.8. The van der Waals surface area contributed by atoms with Gasteiger partial charge in [-0.1, -0.05) is 30.7 Å². The van der Waals surface area contributed by atoms with E-state index in [0.29, 0.717) is 43.5 Å². The number of carbonyl (C=O) groups is 3. The van der Waals surface area contributed by atoms with Crippen LogP contribution >= 0.6 is 11.6 Å². The second-order valence-corrected chi connectivity index (χ2v) is 19.0. The number of aldehydes is 1. The zero-order valence-electron chi connectivity index (χ0n) is 32.8. The first-order valence-corrected chi connectivity index (χ1v) is 21.9. The molecule has 1 saturated carbocycles. The molecule has 2 aliphatic carbocycles. The van der Waals surface area contributed by atoms with Crippen LogP contribution in [0.2, 0.25) is 5.02 Å². The van der Waals surface area contributed by atoms with Crippen molar-refractivity contribution >= 4 is 45.4 Å². The van der Waals surface area contributed by atoms with Crippen LogP contribution in [-0.4, -0.2) is 107 Å². The monoisotopic (exact) mass is 810 g/mol. The van der Waals surface area contributed by atoms with E-state index in [2.05, 4.69) is 27.1 Å². The van der Waals surface area contributed by atoms with Gasteiger partial charge < -0.3 is 29.3 Å². The molecule has 0 aromatic heterocycles. The fourth-order valence-corrected chi connectivity index (χ4v) is 10.9. The van der Waals surface area contributed by atoms with Crippen molar-refractivity contribution in [2.45, 2.75) is 87.7 Å². The first-order valence-electron chi connectivity index (χ1n) is 20.0. The normalized spacial score (nSPS) is 34.4. The maximum Gasteiger partial charge on any atom is 0.264 e. The number of carbonyl (C=O) groups excluding carboxylic acids is 3. The lowest BCUT2D eigenvalue weighted by atomic mass is 9.64. The lowest BCUT2D eigenvalue weighted by Gasteiger charge is -2.48. The average molecular weight is 811 g/mol. The summed E-state index contributed by atoms with van der Waals surface area (Å²) in [5, 5.41) is 3.12. The molecule has 0 radical (unpaired) electrons. The van der Waals surface area contributed by atoms with Gasteiger partial charge in [-0.25, -0.2) is 13.1 Å². The van der Waals surface area contributed by atoms with E-state index in [-0.39, 0.29) is 46.8 Å². The second kappa shape index (κ2) is 16.4. The van der Waals surface area contributed by atoms with E-state index in [4.69, 9.17) is 25.8 Å². The highest BCUT2D eigenvalue weighted by Crippen LogP contribution is 2.48. The largest absolute Gasteiger partial charge is 0.490 e. The topological polar surface area (TPSA) is 144 Å². The minimum absolute atomic E-state index is 0.0434. The van der Waals surface area contributed by atoms with Crippen LogP contribution in [0, 0.1) is 17.8 Å². The summed E-state index contributed by atoms with van der Waals surface area (Å²) in [6.45, 7) is 10.3. The van der Waals surface area contributed by atoms with Crippen LogP contribution in [0.25, 0.3) is 0 Å². The number of ether oxygens (including phenoxy) is 3. The van der Waals surface area contributed by atoms with Gasteiger partial charge >= 0.3 is 0 Å². The Balaban J connectivity index is 0.000000339. The van der Waals surface area contributed by atoms with Crippen LogP contribution < -0.4 is 19.7 Å². The van der Waals surface area contributed by atoms with Gasteiger partial charge in [0, 0.05) is 61.8 Å². The third-order valence-corrected chi connectivity index (χ3v) is 15.4. The first-order chi connectivity index (χ1) is 26.8. The molecule has 2 aromatic rings. The number of morpholine rings is 1. The zero-order chi connectivity index (χ0) is 39.8. The second-order valence-electron chi connectivity index (χ2n) is 16.6. The van der Waals surface area contributed by atoms with Gasteiger partial charge in [0.05, 0.1) is 30.2 Å². The predicted octanol–water partition coefficient (Wildman–Crippen LogP) is 4.67. The van der Waals surface area contributed by atoms with E-state index in [1.165, 1.54) is 11.1 Å². The van der Waals surface area contributed by atoms with Crippen molar-refractivity contribution in [2.75, 3.05) is 57.9 Å². The molecule has 2 bridgehead atoms. The summed E-state index contributed by atoms with van der Waals surface area (Å²) in [5.74, 6) is -0.0566. The number of nitrogens with zero attached hydrogens (tertiary/aromatic N) is 2. The van der Waals surface area contributed by atoms with Crippen LogP contribution in [0.15, 0.2) is 48.6 Å². The number of piperazine rings is 1. The number of amides is 2. The Bertz CT molecular complexity index is 1960. The summed E-state index contributed by atoms with van der Waals surface area (Å²) in [5.41, 5.74) is 2.05. The Morgan fingerprint density at radius 1 is 1.09 bits per heavy atom. The Labute approximate surface area is 335 Å².